The molecule has 0 bridgehead atoms. The van der Waals surface area contributed by atoms with Crippen molar-refractivity contribution < 1.29 is 46.5 Å². The number of aromatic hydroxyl groups is 1. The number of nitrogens with zero attached hydrogens (tertiary/aromatic N) is 2. The van der Waals surface area contributed by atoms with Gasteiger partial charge in [-0.2, -0.15) is 4.57 Å². The van der Waals surface area contributed by atoms with E-state index in [4.69, 9.17) is 9.94 Å². The Kier molecular flexibility index (Phi) is 7.53. The number of carbonyl (C=O) groups is 1. The van der Waals surface area contributed by atoms with Gasteiger partial charge in [-0.1, -0.05) is 17.3 Å². The van der Waals surface area contributed by atoms with E-state index in [1.165, 1.54) is 11.7 Å². The molecule has 0 saturated carbocycles. The number of aliphatic hydroxyl groups is 1. The lowest BCUT2D eigenvalue weighted by Gasteiger charge is -2.09. The number of oxime groups is 1. The maximum atomic E-state index is 12.6. The minimum Gasteiger partial charge on any atom is -1.00 e. The zero-order chi connectivity index (χ0) is 17.7. The average molecular weight is 411 g/mol. The van der Waals surface area contributed by atoms with Crippen LogP contribution in [0.2, 0.25) is 0 Å². The van der Waals surface area contributed by atoms with Gasteiger partial charge in [-0.05, 0) is 12.1 Å². The van der Waals surface area contributed by atoms with Crippen LogP contribution in [0.5, 0.6) is 11.5 Å². The molecular weight excluding hydrogens is 392 g/mol. The van der Waals surface area contributed by atoms with Crippen molar-refractivity contribution in [3.05, 3.63) is 52.8 Å². The van der Waals surface area contributed by atoms with Crippen LogP contribution < -0.4 is 26.3 Å². The van der Waals surface area contributed by atoms with Gasteiger partial charge >= 0.3 is 0 Å². The van der Waals surface area contributed by atoms with Crippen LogP contribution in [0, 0.1) is 6.92 Å². The fourth-order valence-electron chi connectivity index (χ4n) is 2.44. The van der Waals surface area contributed by atoms with E-state index in [0.717, 1.165) is 6.21 Å². The molecule has 0 spiro atoms. The van der Waals surface area contributed by atoms with E-state index in [2.05, 4.69) is 5.16 Å². The van der Waals surface area contributed by atoms with Crippen LogP contribution in [0.1, 0.15) is 27.2 Å². The molecule has 25 heavy (non-hydrogen) atoms. The lowest BCUT2D eigenvalue weighted by Crippen LogP contribution is -3.00. The number of benzene rings is 1. The lowest BCUT2D eigenvalue weighted by atomic mass is 10.1. The molecule has 0 unspecified atom stereocenters. The van der Waals surface area contributed by atoms with E-state index in [9.17, 15) is 15.0 Å². The number of halogens is 1. The zero-order valence-electron chi connectivity index (χ0n) is 13.8. The van der Waals surface area contributed by atoms with Crippen molar-refractivity contribution in [1.82, 2.24) is 0 Å². The first-order valence-electron chi connectivity index (χ1n) is 7.22. The molecule has 3 N–H and O–H groups in total. The molecule has 1 aromatic carbocycles. The van der Waals surface area contributed by atoms with Crippen molar-refractivity contribution in [2.75, 3.05) is 7.11 Å². The number of methoxy groups -OCH3 is 1. The number of hydrogen-bond donors (Lipinski definition) is 3. The van der Waals surface area contributed by atoms with Crippen molar-refractivity contribution >= 4 is 12.0 Å². The highest BCUT2D eigenvalue weighted by Crippen LogP contribution is 2.22. The van der Waals surface area contributed by atoms with E-state index in [0.29, 0.717) is 22.6 Å². The van der Waals surface area contributed by atoms with Crippen LogP contribution in [0.15, 0.2) is 35.6 Å². The Bertz CT molecular complexity index is 793. The summed E-state index contributed by atoms with van der Waals surface area (Å²) in [7, 11) is 1.49. The number of hydrogen-bond acceptors (Lipinski definition) is 6. The highest BCUT2D eigenvalue weighted by Gasteiger charge is 2.23. The second-order valence-corrected chi connectivity index (χ2v) is 5.16. The van der Waals surface area contributed by atoms with Gasteiger partial charge in [0.25, 0.3) is 0 Å². The van der Waals surface area contributed by atoms with Crippen LogP contribution >= 0.6 is 0 Å². The van der Waals surface area contributed by atoms with Gasteiger partial charge in [-0.15, -0.1) is 0 Å². The number of Topliss-reactive ketones (excluding diaryl/α,β-unsaturated/α-hetero) is 1. The van der Waals surface area contributed by atoms with Crippen molar-refractivity contribution in [2.45, 2.75) is 20.1 Å². The van der Waals surface area contributed by atoms with Gasteiger partial charge in [0.15, 0.2) is 11.9 Å². The Labute approximate surface area is 155 Å². The minimum absolute atomic E-state index is 0. The quantitative estimate of drug-likeness (QED) is 0.171. The molecule has 1 aromatic heterocycles. The number of ketones is 1. The fraction of sp³-hybridized carbons (Fsp3) is 0.235. The van der Waals surface area contributed by atoms with E-state index < -0.39 is 0 Å². The molecule has 134 valence electrons. The minimum atomic E-state index is -0.377. The first kappa shape index (κ1) is 20.6. The summed E-state index contributed by atoms with van der Waals surface area (Å²) in [6, 6.07) is 6.87. The highest BCUT2D eigenvalue weighted by molar-refractivity contribution is 5.97. The van der Waals surface area contributed by atoms with Gasteiger partial charge in [-0.3, -0.25) is 4.79 Å². The second-order valence-electron chi connectivity index (χ2n) is 5.16. The third-order valence-corrected chi connectivity index (χ3v) is 3.76. The highest BCUT2D eigenvalue weighted by atomic mass is 79.9. The number of rotatable bonds is 6. The molecule has 0 fully saturated rings. The Hall–Kier alpha value is -2.45. The molecule has 2 rings (SSSR count). The van der Waals surface area contributed by atoms with Crippen LogP contribution in [0.25, 0.3) is 0 Å². The Morgan fingerprint density at radius 2 is 2.04 bits per heavy atom. The maximum absolute atomic E-state index is 12.6. The fourth-order valence-corrected chi connectivity index (χ4v) is 2.44. The maximum Gasteiger partial charge on any atom is 0.231 e. The topological polar surface area (TPSA) is 103 Å². The molecule has 0 aliphatic rings. The average Bonchev–Trinajstić information content (AvgIpc) is 2.61. The lowest BCUT2D eigenvalue weighted by molar-refractivity contribution is -0.690. The zero-order valence-corrected chi connectivity index (χ0v) is 15.4. The normalized spacial score (nSPS) is 10.5. The monoisotopic (exact) mass is 410 g/mol. The van der Waals surface area contributed by atoms with Crippen molar-refractivity contribution in [2.24, 2.45) is 5.16 Å². The molecule has 0 radical (unpaired) electrons. The van der Waals surface area contributed by atoms with E-state index >= 15 is 0 Å². The van der Waals surface area contributed by atoms with Crippen molar-refractivity contribution in [1.29, 1.82) is 0 Å². The van der Waals surface area contributed by atoms with Gasteiger partial charge in [0.05, 0.1) is 36.6 Å². The standard InChI is InChI=1S/C17H18N2O5.BrH/c1-11-17(22)14(7-18-23)12(10-20)8-19(11)9-15(21)13-5-3-4-6-16(13)24-2;/h3-8,20,22H,9-10H2,1-2H3;1H. The number of pyridine rings is 1. The third-order valence-electron chi connectivity index (χ3n) is 3.76. The molecule has 7 nitrogen and oxygen atoms in total. The molecule has 0 aliphatic heterocycles. The largest absolute Gasteiger partial charge is 1.00 e. The molecule has 0 amide bonds. The van der Waals surface area contributed by atoms with Crippen molar-refractivity contribution in [3.8, 4) is 11.5 Å². The molecule has 0 aliphatic carbocycles. The smallest absolute Gasteiger partial charge is 0.231 e. The molecule has 8 heteroatoms. The number of aromatic nitrogens is 1. The summed E-state index contributed by atoms with van der Waals surface area (Å²) >= 11 is 0. The number of para-hydroxylation sites is 1. The van der Waals surface area contributed by atoms with Gasteiger partial charge in [0.1, 0.15) is 5.75 Å². The number of ether oxygens (including phenoxy) is 1. The predicted molar refractivity (Wildman–Crippen MR) is 85.7 cm³/mol. The molecule has 0 atom stereocenters. The van der Waals surface area contributed by atoms with Gasteiger partial charge in [0.2, 0.25) is 18.0 Å². The summed E-state index contributed by atoms with van der Waals surface area (Å²) < 4.78 is 6.72. The van der Waals surface area contributed by atoms with Gasteiger partial charge in [-0.25, -0.2) is 0 Å². The second kappa shape index (κ2) is 9.14. The van der Waals surface area contributed by atoms with Crippen LogP contribution in [0.3, 0.4) is 0 Å². The molecule has 1 heterocycles. The first-order chi connectivity index (χ1) is 11.5. The predicted octanol–water partition coefficient (Wildman–Crippen LogP) is -1.82. The summed E-state index contributed by atoms with van der Waals surface area (Å²) in [5.74, 6) is 0.107. The molecule has 2 aromatic rings. The SMILES string of the molecule is COc1ccccc1C(=O)C[n+]1cc(CO)c(C=NO)c(O)c1C.[Br-]. The summed E-state index contributed by atoms with van der Waals surface area (Å²) in [6.07, 6.45) is 2.58. The van der Waals surface area contributed by atoms with Crippen LogP contribution in [-0.2, 0) is 13.2 Å². The Balaban J connectivity index is 0.00000312. The van der Waals surface area contributed by atoms with E-state index in [-0.39, 0.29) is 47.2 Å². The molecule has 0 saturated heterocycles. The van der Waals surface area contributed by atoms with E-state index in [1.54, 1.807) is 37.4 Å². The third kappa shape index (κ3) is 4.34. The van der Waals surface area contributed by atoms with Gasteiger partial charge in [0, 0.05) is 6.92 Å². The van der Waals surface area contributed by atoms with Crippen LogP contribution in [0.4, 0.5) is 0 Å². The van der Waals surface area contributed by atoms with Crippen molar-refractivity contribution in [3.63, 3.8) is 0 Å². The summed E-state index contributed by atoms with van der Waals surface area (Å²) in [5.41, 5.74) is 1.38. The van der Waals surface area contributed by atoms with Gasteiger partial charge < -0.3 is 37.1 Å². The van der Waals surface area contributed by atoms with E-state index in [1.807, 2.05) is 0 Å². The summed E-state index contributed by atoms with van der Waals surface area (Å²) in [6.45, 7) is 1.21. The number of carbonyl (C=O) groups excluding carboxylic acids is 1. The molecular formula is C17H19BrN2O5. The number of aliphatic hydroxyl groups excluding tert-OH is 1. The Morgan fingerprint density at radius 1 is 1.36 bits per heavy atom. The first-order valence-corrected chi connectivity index (χ1v) is 7.22. The Morgan fingerprint density at radius 3 is 2.64 bits per heavy atom. The summed E-state index contributed by atoms with van der Waals surface area (Å²) in [4.78, 5) is 12.6. The summed E-state index contributed by atoms with van der Waals surface area (Å²) in [5, 5.41) is 31.2. The van der Waals surface area contributed by atoms with Crippen LogP contribution in [-0.4, -0.2) is 34.5 Å².